The lowest BCUT2D eigenvalue weighted by atomic mass is 9.83. The molecule has 2 heterocycles. The molecule has 1 aromatic heterocycles. The minimum absolute atomic E-state index is 0. The van der Waals surface area contributed by atoms with Gasteiger partial charge in [0.25, 0.3) is 0 Å². The summed E-state index contributed by atoms with van der Waals surface area (Å²) in [4.78, 5) is 4.73. The van der Waals surface area contributed by atoms with Gasteiger partial charge in [0.05, 0.1) is 0 Å². The molecule has 24 heavy (non-hydrogen) atoms. The third-order valence-electron chi connectivity index (χ3n) is 5.45. The fourth-order valence-corrected chi connectivity index (χ4v) is 3.87. The molecule has 0 amide bonds. The van der Waals surface area contributed by atoms with Crippen LogP contribution >= 0.6 is 24.0 Å². The summed E-state index contributed by atoms with van der Waals surface area (Å²) in [5, 5.41) is 15.5. The molecule has 0 unspecified atom stereocenters. The van der Waals surface area contributed by atoms with Gasteiger partial charge >= 0.3 is 0 Å². The van der Waals surface area contributed by atoms with Gasteiger partial charge in [-0.25, -0.2) is 4.99 Å². The minimum Gasteiger partial charge on any atom is -0.357 e. The molecule has 1 aliphatic carbocycles. The van der Waals surface area contributed by atoms with E-state index in [0.717, 1.165) is 43.7 Å². The Balaban J connectivity index is 0.00000208. The van der Waals surface area contributed by atoms with Crippen LogP contribution in [0.2, 0.25) is 0 Å². The van der Waals surface area contributed by atoms with Crippen molar-refractivity contribution >= 4 is 29.9 Å². The minimum atomic E-state index is 0. The average molecular weight is 446 g/mol. The Morgan fingerprint density at radius 1 is 1.17 bits per heavy atom. The van der Waals surface area contributed by atoms with E-state index in [-0.39, 0.29) is 24.0 Å². The van der Waals surface area contributed by atoms with E-state index in [1.54, 1.807) is 0 Å². The normalized spacial score (nSPS) is 19.0. The number of fused-ring (bicyclic) bond motifs is 1. The average Bonchev–Trinajstić information content (AvgIpc) is 3.27. The van der Waals surface area contributed by atoms with Crippen molar-refractivity contribution in [2.45, 2.75) is 71.9 Å². The fourth-order valence-electron chi connectivity index (χ4n) is 3.87. The lowest BCUT2D eigenvalue weighted by Gasteiger charge is -2.28. The van der Waals surface area contributed by atoms with Crippen molar-refractivity contribution in [2.24, 2.45) is 10.4 Å². The Bertz CT molecular complexity index is 547. The van der Waals surface area contributed by atoms with E-state index in [1.165, 1.54) is 38.5 Å². The van der Waals surface area contributed by atoms with Crippen molar-refractivity contribution in [1.29, 1.82) is 0 Å². The standard InChI is InChI=1S/C17H30N6.HI/c1-3-17(9-5-6-10-17)13-20-16(18-4-2)19-12-15-22-21-14-8-7-11-23(14)15;/h3-13H2,1-2H3,(H2,18,19,20);1H. The molecule has 1 fully saturated rings. The molecule has 7 heteroatoms. The van der Waals surface area contributed by atoms with Crippen LogP contribution < -0.4 is 10.6 Å². The second-order valence-electron chi connectivity index (χ2n) is 6.90. The van der Waals surface area contributed by atoms with Crippen LogP contribution in [0.1, 0.15) is 64.0 Å². The summed E-state index contributed by atoms with van der Waals surface area (Å²) in [7, 11) is 0. The maximum atomic E-state index is 4.73. The molecule has 6 nitrogen and oxygen atoms in total. The molecule has 0 saturated heterocycles. The largest absolute Gasteiger partial charge is 0.357 e. The second kappa shape index (κ2) is 9.01. The Hall–Kier alpha value is -0.860. The molecule has 0 atom stereocenters. The van der Waals surface area contributed by atoms with Crippen molar-refractivity contribution in [3.63, 3.8) is 0 Å². The highest BCUT2D eigenvalue weighted by Crippen LogP contribution is 2.40. The number of aryl methyl sites for hydroxylation is 1. The zero-order chi connectivity index (χ0) is 16.1. The summed E-state index contributed by atoms with van der Waals surface area (Å²) in [6, 6.07) is 0. The molecule has 1 aliphatic heterocycles. The van der Waals surface area contributed by atoms with Crippen LogP contribution in [0.5, 0.6) is 0 Å². The summed E-state index contributed by atoms with van der Waals surface area (Å²) >= 11 is 0. The quantitative estimate of drug-likeness (QED) is 0.401. The first kappa shape index (κ1) is 19.5. The highest BCUT2D eigenvalue weighted by Gasteiger charge is 2.31. The number of aromatic nitrogens is 3. The van der Waals surface area contributed by atoms with Crippen LogP contribution in [-0.4, -0.2) is 33.8 Å². The van der Waals surface area contributed by atoms with Gasteiger partial charge in [-0.2, -0.15) is 0 Å². The van der Waals surface area contributed by atoms with Gasteiger partial charge < -0.3 is 15.2 Å². The first-order valence-corrected chi connectivity index (χ1v) is 9.19. The van der Waals surface area contributed by atoms with Gasteiger partial charge in [0.15, 0.2) is 11.8 Å². The number of hydrogen-bond donors (Lipinski definition) is 2. The number of nitrogens with one attached hydrogen (secondary N) is 2. The molecule has 0 bridgehead atoms. The molecule has 0 spiro atoms. The van der Waals surface area contributed by atoms with E-state index in [1.807, 2.05) is 0 Å². The Morgan fingerprint density at radius 3 is 2.67 bits per heavy atom. The van der Waals surface area contributed by atoms with Crippen molar-refractivity contribution in [3.05, 3.63) is 11.6 Å². The Morgan fingerprint density at radius 2 is 1.96 bits per heavy atom. The van der Waals surface area contributed by atoms with Crippen LogP contribution in [0.4, 0.5) is 0 Å². The van der Waals surface area contributed by atoms with E-state index >= 15 is 0 Å². The zero-order valence-electron chi connectivity index (χ0n) is 15.0. The van der Waals surface area contributed by atoms with Crippen LogP contribution in [0, 0.1) is 5.41 Å². The summed E-state index contributed by atoms with van der Waals surface area (Å²) in [6.45, 7) is 7.96. The van der Waals surface area contributed by atoms with Crippen LogP contribution in [0.25, 0.3) is 0 Å². The Labute approximate surface area is 162 Å². The number of hydrogen-bond acceptors (Lipinski definition) is 3. The van der Waals surface area contributed by atoms with Gasteiger partial charge in [0.2, 0.25) is 0 Å². The fraction of sp³-hybridized carbons (Fsp3) is 0.824. The first-order valence-electron chi connectivity index (χ1n) is 9.19. The summed E-state index contributed by atoms with van der Waals surface area (Å²) in [5.74, 6) is 3.01. The van der Waals surface area contributed by atoms with Gasteiger partial charge in [0, 0.05) is 26.1 Å². The van der Waals surface area contributed by atoms with E-state index in [4.69, 9.17) is 4.99 Å². The van der Waals surface area contributed by atoms with E-state index in [9.17, 15) is 0 Å². The summed E-state index contributed by atoms with van der Waals surface area (Å²) < 4.78 is 2.22. The molecular weight excluding hydrogens is 415 g/mol. The van der Waals surface area contributed by atoms with E-state index in [0.29, 0.717) is 12.0 Å². The van der Waals surface area contributed by atoms with E-state index < -0.39 is 0 Å². The van der Waals surface area contributed by atoms with Crippen LogP contribution in [0.3, 0.4) is 0 Å². The highest BCUT2D eigenvalue weighted by molar-refractivity contribution is 14.0. The smallest absolute Gasteiger partial charge is 0.191 e. The van der Waals surface area contributed by atoms with Crippen molar-refractivity contribution in [2.75, 3.05) is 13.1 Å². The lowest BCUT2D eigenvalue weighted by molar-refractivity contribution is 0.283. The van der Waals surface area contributed by atoms with Gasteiger partial charge in [-0.3, -0.25) is 0 Å². The van der Waals surface area contributed by atoms with Gasteiger partial charge in [-0.05, 0) is 38.0 Å². The highest BCUT2D eigenvalue weighted by atomic mass is 127. The van der Waals surface area contributed by atoms with Gasteiger partial charge in [-0.15, -0.1) is 34.2 Å². The second-order valence-corrected chi connectivity index (χ2v) is 6.90. The number of aliphatic imine (C=N–C) groups is 1. The number of halogens is 1. The lowest BCUT2D eigenvalue weighted by Crippen LogP contribution is -2.42. The van der Waals surface area contributed by atoms with Gasteiger partial charge in [0.1, 0.15) is 12.4 Å². The zero-order valence-corrected chi connectivity index (χ0v) is 17.3. The molecular formula is C17H31IN6. The monoisotopic (exact) mass is 446 g/mol. The molecule has 3 rings (SSSR count). The van der Waals surface area contributed by atoms with Crippen molar-refractivity contribution < 1.29 is 0 Å². The predicted octanol–water partition coefficient (Wildman–Crippen LogP) is 2.87. The van der Waals surface area contributed by atoms with Crippen molar-refractivity contribution in [1.82, 2.24) is 25.4 Å². The third-order valence-corrected chi connectivity index (χ3v) is 5.45. The molecule has 0 aromatic carbocycles. The molecule has 0 radical (unpaired) electrons. The first-order chi connectivity index (χ1) is 11.3. The Kier molecular flexibility index (Phi) is 7.31. The third kappa shape index (κ3) is 4.40. The molecule has 2 aliphatic rings. The molecule has 1 saturated carbocycles. The van der Waals surface area contributed by atoms with Crippen LogP contribution in [-0.2, 0) is 19.5 Å². The predicted molar refractivity (Wildman–Crippen MR) is 108 cm³/mol. The van der Waals surface area contributed by atoms with E-state index in [2.05, 4.69) is 39.2 Å². The molecule has 1 aromatic rings. The SMILES string of the molecule is CCNC(=NCc1nnc2n1CCC2)NCC1(CC)CCCC1.I. The topological polar surface area (TPSA) is 67.1 Å². The maximum absolute atomic E-state index is 4.73. The van der Waals surface area contributed by atoms with Crippen molar-refractivity contribution in [3.8, 4) is 0 Å². The number of nitrogens with zero attached hydrogens (tertiary/aromatic N) is 4. The maximum Gasteiger partial charge on any atom is 0.191 e. The molecule has 136 valence electrons. The van der Waals surface area contributed by atoms with Crippen LogP contribution in [0.15, 0.2) is 4.99 Å². The summed E-state index contributed by atoms with van der Waals surface area (Å²) in [5.41, 5.74) is 0.465. The molecule has 2 N–H and O–H groups in total. The summed E-state index contributed by atoms with van der Waals surface area (Å²) in [6.07, 6.45) is 8.90. The number of rotatable bonds is 6. The van der Waals surface area contributed by atoms with Gasteiger partial charge in [-0.1, -0.05) is 19.8 Å². The number of guanidine groups is 1.